The smallest absolute Gasteiger partial charge is 0.387 e. The number of carbonyl (C=O) groups is 1. The lowest BCUT2D eigenvalue weighted by atomic mass is 10.1. The predicted octanol–water partition coefficient (Wildman–Crippen LogP) is 2.72. The van der Waals surface area contributed by atoms with Gasteiger partial charge in [-0.05, 0) is 37.1 Å². The molecule has 0 bridgehead atoms. The summed E-state index contributed by atoms with van der Waals surface area (Å²) in [5.41, 5.74) is 1.64. The Morgan fingerprint density at radius 2 is 1.93 bits per heavy atom. The monoisotopic (exact) mass is 200 g/mol. The highest BCUT2D eigenvalue weighted by Gasteiger charge is 2.09. The normalized spacial score (nSPS) is 10.4. The van der Waals surface area contributed by atoms with E-state index in [4.69, 9.17) is 0 Å². The van der Waals surface area contributed by atoms with E-state index >= 15 is 0 Å². The number of benzene rings is 1. The molecule has 0 saturated carbocycles. The van der Waals surface area contributed by atoms with Gasteiger partial charge in [-0.25, -0.2) is 0 Å². The average Bonchev–Trinajstić information content (AvgIpc) is 2.10. The lowest BCUT2D eigenvalue weighted by Gasteiger charge is -2.09. The molecule has 0 saturated heterocycles. The molecule has 0 amide bonds. The molecule has 1 rings (SSSR count). The Morgan fingerprint density at radius 3 is 2.43 bits per heavy atom. The molecule has 0 radical (unpaired) electrons. The van der Waals surface area contributed by atoms with Crippen LogP contribution in [0.15, 0.2) is 12.1 Å². The van der Waals surface area contributed by atoms with Crippen molar-refractivity contribution >= 4 is 6.29 Å². The maximum absolute atomic E-state index is 11.9. The molecule has 76 valence electrons. The molecule has 0 aliphatic carbocycles. The molecule has 0 aliphatic heterocycles. The fourth-order valence-electron chi connectivity index (χ4n) is 1.16. The molecule has 1 aromatic rings. The summed E-state index contributed by atoms with van der Waals surface area (Å²) in [4.78, 5) is 10.5. The van der Waals surface area contributed by atoms with E-state index in [9.17, 15) is 13.6 Å². The second kappa shape index (κ2) is 4.17. The van der Waals surface area contributed by atoms with Gasteiger partial charge in [0.1, 0.15) is 12.0 Å². The molecule has 0 aromatic heterocycles. The first-order valence-electron chi connectivity index (χ1n) is 4.06. The van der Waals surface area contributed by atoms with Crippen LogP contribution in [0.1, 0.15) is 21.5 Å². The number of alkyl halides is 2. The van der Waals surface area contributed by atoms with E-state index in [0.717, 1.165) is 0 Å². The van der Waals surface area contributed by atoms with Crippen LogP contribution < -0.4 is 4.74 Å². The van der Waals surface area contributed by atoms with Crippen molar-refractivity contribution in [2.45, 2.75) is 20.5 Å². The molecule has 1 aromatic carbocycles. The van der Waals surface area contributed by atoms with E-state index in [1.165, 1.54) is 12.1 Å². The number of hydrogen-bond donors (Lipinski definition) is 0. The molecule has 14 heavy (non-hydrogen) atoms. The Hall–Kier alpha value is -1.45. The Balaban J connectivity index is 3.08. The molecular formula is C10H10F2O2. The van der Waals surface area contributed by atoms with Crippen LogP contribution >= 0.6 is 0 Å². The van der Waals surface area contributed by atoms with Gasteiger partial charge in [0.05, 0.1) is 0 Å². The number of halogens is 2. The SMILES string of the molecule is Cc1cc(OC(F)F)c(C)cc1C=O. The molecule has 0 fully saturated rings. The van der Waals surface area contributed by atoms with Crippen molar-refractivity contribution in [2.24, 2.45) is 0 Å². The number of rotatable bonds is 3. The lowest BCUT2D eigenvalue weighted by molar-refractivity contribution is -0.0503. The molecule has 0 N–H and O–H groups in total. The Morgan fingerprint density at radius 1 is 1.29 bits per heavy atom. The first-order valence-corrected chi connectivity index (χ1v) is 4.06. The molecule has 0 spiro atoms. The minimum absolute atomic E-state index is 0.114. The van der Waals surface area contributed by atoms with Crippen LogP contribution in [0.4, 0.5) is 8.78 Å². The molecule has 2 nitrogen and oxygen atoms in total. The summed E-state index contributed by atoms with van der Waals surface area (Å²) in [5.74, 6) is 0.114. The topological polar surface area (TPSA) is 26.3 Å². The minimum atomic E-state index is -2.84. The average molecular weight is 200 g/mol. The summed E-state index contributed by atoms with van der Waals surface area (Å²) in [7, 11) is 0. The summed E-state index contributed by atoms with van der Waals surface area (Å²) >= 11 is 0. The van der Waals surface area contributed by atoms with Crippen molar-refractivity contribution in [2.75, 3.05) is 0 Å². The van der Waals surface area contributed by atoms with Gasteiger partial charge < -0.3 is 4.74 Å². The maximum Gasteiger partial charge on any atom is 0.387 e. The first-order chi connectivity index (χ1) is 6.54. The summed E-state index contributed by atoms with van der Waals surface area (Å²) in [6.45, 7) is 0.446. The van der Waals surface area contributed by atoms with Gasteiger partial charge in [-0.15, -0.1) is 0 Å². The van der Waals surface area contributed by atoms with Gasteiger partial charge in [0, 0.05) is 5.56 Å². The van der Waals surface area contributed by atoms with Crippen molar-refractivity contribution in [3.63, 3.8) is 0 Å². The highest BCUT2D eigenvalue weighted by atomic mass is 19.3. The third-order valence-corrected chi connectivity index (χ3v) is 1.91. The van der Waals surface area contributed by atoms with Gasteiger partial charge in [0.25, 0.3) is 0 Å². The number of ether oxygens (including phenoxy) is 1. The van der Waals surface area contributed by atoms with Crippen LogP contribution in [0.5, 0.6) is 5.75 Å². The van der Waals surface area contributed by atoms with Crippen molar-refractivity contribution in [1.29, 1.82) is 0 Å². The van der Waals surface area contributed by atoms with Gasteiger partial charge in [-0.2, -0.15) is 8.78 Å². The van der Waals surface area contributed by atoms with Gasteiger partial charge in [-0.3, -0.25) is 4.79 Å². The zero-order valence-electron chi connectivity index (χ0n) is 7.88. The van der Waals surface area contributed by atoms with Gasteiger partial charge in [0.2, 0.25) is 0 Å². The van der Waals surface area contributed by atoms with Crippen molar-refractivity contribution in [1.82, 2.24) is 0 Å². The van der Waals surface area contributed by atoms with Crippen molar-refractivity contribution < 1.29 is 18.3 Å². The van der Waals surface area contributed by atoms with Crippen LogP contribution in [0.25, 0.3) is 0 Å². The molecule has 4 heteroatoms. The van der Waals surface area contributed by atoms with Gasteiger partial charge in [-0.1, -0.05) is 0 Å². The van der Waals surface area contributed by atoms with E-state index in [0.29, 0.717) is 23.0 Å². The Labute approximate surface area is 80.5 Å². The number of aldehydes is 1. The molecular weight excluding hydrogens is 190 g/mol. The van der Waals surface area contributed by atoms with Crippen LogP contribution in [-0.2, 0) is 0 Å². The molecule has 0 heterocycles. The highest BCUT2D eigenvalue weighted by molar-refractivity contribution is 5.78. The molecule has 0 aliphatic rings. The third kappa shape index (κ3) is 2.28. The van der Waals surface area contributed by atoms with E-state index in [1.54, 1.807) is 13.8 Å². The quantitative estimate of drug-likeness (QED) is 0.701. The summed E-state index contributed by atoms with van der Waals surface area (Å²) < 4.78 is 28.1. The standard InChI is InChI=1S/C10H10F2O2/c1-6-4-9(14-10(11)12)7(2)3-8(6)5-13/h3-5,10H,1-2H3. The van der Waals surface area contributed by atoms with E-state index < -0.39 is 6.61 Å². The summed E-state index contributed by atoms with van der Waals surface area (Å²) in [6, 6.07) is 2.96. The largest absolute Gasteiger partial charge is 0.435 e. The van der Waals surface area contributed by atoms with Crippen molar-refractivity contribution in [3.05, 3.63) is 28.8 Å². The molecule has 0 atom stereocenters. The van der Waals surface area contributed by atoms with Crippen molar-refractivity contribution in [3.8, 4) is 5.75 Å². The molecule has 0 unspecified atom stereocenters. The second-order valence-electron chi connectivity index (χ2n) is 2.97. The summed E-state index contributed by atoms with van der Waals surface area (Å²) in [6.07, 6.45) is 0.689. The highest BCUT2D eigenvalue weighted by Crippen LogP contribution is 2.23. The number of aryl methyl sites for hydroxylation is 2. The number of carbonyl (C=O) groups excluding carboxylic acids is 1. The predicted molar refractivity (Wildman–Crippen MR) is 47.9 cm³/mol. The fourth-order valence-corrected chi connectivity index (χ4v) is 1.16. The Bertz CT molecular complexity index is 348. The van der Waals surface area contributed by atoms with Crippen LogP contribution in [-0.4, -0.2) is 12.9 Å². The second-order valence-corrected chi connectivity index (χ2v) is 2.97. The third-order valence-electron chi connectivity index (χ3n) is 1.91. The lowest BCUT2D eigenvalue weighted by Crippen LogP contribution is -2.04. The van der Waals surface area contributed by atoms with Crippen LogP contribution in [0, 0.1) is 13.8 Å². The van der Waals surface area contributed by atoms with E-state index in [-0.39, 0.29) is 5.75 Å². The van der Waals surface area contributed by atoms with Crippen LogP contribution in [0.3, 0.4) is 0 Å². The maximum atomic E-state index is 11.9. The van der Waals surface area contributed by atoms with E-state index in [1.807, 2.05) is 0 Å². The zero-order chi connectivity index (χ0) is 10.7. The minimum Gasteiger partial charge on any atom is -0.435 e. The number of hydrogen-bond acceptors (Lipinski definition) is 2. The van der Waals surface area contributed by atoms with Crippen LogP contribution in [0.2, 0.25) is 0 Å². The Kier molecular flexibility index (Phi) is 3.17. The zero-order valence-corrected chi connectivity index (χ0v) is 7.88. The fraction of sp³-hybridized carbons (Fsp3) is 0.300. The summed E-state index contributed by atoms with van der Waals surface area (Å²) in [5, 5.41) is 0. The van der Waals surface area contributed by atoms with Gasteiger partial charge >= 0.3 is 6.61 Å². The van der Waals surface area contributed by atoms with E-state index in [2.05, 4.69) is 4.74 Å². The first kappa shape index (κ1) is 10.6. The van der Waals surface area contributed by atoms with Gasteiger partial charge in [0.15, 0.2) is 0 Å².